The fraction of sp³-hybridized carbons (Fsp3) is 0.333. The van der Waals surface area contributed by atoms with Crippen LogP contribution in [-0.4, -0.2) is 6.61 Å². The van der Waals surface area contributed by atoms with E-state index < -0.39 is 0 Å². The fourth-order valence-corrected chi connectivity index (χ4v) is 1.64. The molecule has 0 radical (unpaired) electrons. The van der Waals surface area contributed by atoms with Crippen LogP contribution in [0.2, 0.25) is 0 Å². The second-order valence-corrected chi connectivity index (χ2v) is 3.31. The molecule has 0 amide bonds. The highest BCUT2D eigenvalue weighted by Gasteiger charge is 2.16. The molecule has 1 aliphatic rings. The van der Waals surface area contributed by atoms with Crippen molar-refractivity contribution in [2.24, 2.45) is 0 Å². The van der Waals surface area contributed by atoms with Gasteiger partial charge in [-0.05, 0) is 12.5 Å². The summed E-state index contributed by atoms with van der Waals surface area (Å²) in [6.07, 6.45) is 1.01. The monoisotopic (exact) mass is 166 g/mol. The minimum Gasteiger partial charge on any atom is -0.493 e. The molecule has 2 heteroatoms. The normalized spacial score (nSPS) is 22.1. The molecule has 0 unspecified atom stereocenters. The van der Waals surface area contributed by atoms with Crippen molar-refractivity contribution < 1.29 is 4.74 Å². The molecule has 1 aromatic rings. The molecular formula is C9H10OS. The first kappa shape index (κ1) is 7.04. The Bertz CT molecular complexity index is 259. The van der Waals surface area contributed by atoms with Crippen LogP contribution in [0.25, 0.3) is 0 Å². The van der Waals surface area contributed by atoms with Crippen LogP contribution < -0.4 is 4.74 Å². The van der Waals surface area contributed by atoms with Crippen molar-refractivity contribution in [1.82, 2.24) is 0 Å². The number of hydrogen-bond acceptors (Lipinski definition) is 2. The number of thiol groups is 1. The summed E-state index contributed by atoms with van der Waals surface area (Å²) in [6, 6.07) is 8.09. The molecule has 0 aliphatic carbocycles. The summed E-state index contributed by atoms with van der Waals surface area (Å²) < 4.78 is 5.44. The molecule has 11 heavy (non-hydrogen) atoms. The molecule has 2 rings (SSSR count). The van der Waals surface area contributed by atoms with Crippen LogP contribution >= 0.6 is 12.6 Å². The minimum atomic E-state index is 0.361. The van der Waals surface area contributed by atoms with Crippen molar-refractivity contribution in [3.8, 4) is 5.75 Å². The van der Waals surface area contributed by atoms with Gasteiger partial charge >= 0.3 is 0 Å². The van der Waals surface area contributed by atoms with E-state index in [0.29, 0.717) is 5.25 Å². The van der Waals surface area contributed by atoms with E-state index in [1.807, 2.05) is 18.2 Å². The average molecular weight is 166 g/mol. The largest absolute Gasteiger partial charge is 0.493 e. The fourth-order valence-electron chi connectivity index (χ4n) is 1.32. The molecular weight excluding hydrogens is 156 g/mol. The van der Waals surface area contributed by atoms with Crippen LogP contribution in [-0.2, 0) is 0 Å². The van der Waals surface area contributed by atoms with E-state index in [9.17, 15) is 0 Å². The summed E-state index contributed by atoms with van der Waals surface area (Å²) in [5, 5.41) is 0.361. The number of hydrogen-bond donors (Lipinski definition) is 1. The lowest BCUT2D eigenvalue weighted by Crippen LogP contribution is -2.09. The van der Waals surface area contributed by atoms with Crippen molar-refractivity contribution in [3.63, 3.8) is 0 Å². The van der Waals surface area contributed by atoms with E-state index in [0.717, 1.165) is 18.8 Å². The van der Waals surface area contributed by atoms with Crippen LogP contribution in [0.1, 0.15) is 17.2 Å². The summed E-state index contributed by atoms with van der Waals surface area (Å²) in [5.74, 6) is 0.999. The van der Waals surface area contributed by atoms with Gasteiger partial charge in [-0.25, -0.2) is 0 Å². The maximum Gasteiger partial charge on any atom is 0.123 e. The van der Waals surface area contributed by atoms with E-state index in [1.54, 1.807) is 0 Å². The van der Waals surface area contributed by atoms with Crippen LogP contribution in [0, 0.1) is 0 Å². The van der Waals surface area contributed by atoms with E-state index in [-0.39, 0.29) is 0 Å². The predicted octanol–water partition coefficient (Wildman–Crippen LogP) is 2.44. The summed E-state index contributed by atoms with van der Waals surface area (Å²) in [6.45, 7) is 0.797. The second kappa shape index (κ2) is 2.78. The van der Waals surface area contributed by atoms with Gasteiger partial charge in [-0.1, -0.05) is 18.2 Å². The SMILES string of the molecule is S[C@@H]1CCOc2ccccc21. The van der Waals surface area contributed by atoms with Crippen molar-refractivity contribution in [2.45, 2.75) is 11.7 Å². The lowest BCUT2D eigenvalue weighted by atomic mass is 10.1. The number of benzene rings is 1. The predicted molar refractivity (Wildman–Crippen MR) is 48.3 cm³/mol. The molecule has 0 fully saturated rings. The number of rotatable bonds is 0. The van der Waals surface area contributed by atoms with E-state index in [4.69, 9.17) is 4.74 Å². The molecule has 1 aliphatic heterocycles. The van der Waals surface area contributed by atoms with Crippen molar-refractivity contribution >= 4 is 12.6 Å². The molecule has 58 valence electrons. The third kappa shape index (κ3) is 1.23. The molecule has 0 bridgehead atoms. The van der Waals surface area contributed by atoms with Crippen molar-refractivity contribution in [2.75, 3.05) is 6.61 Å². The third-order valence-corrected chi connectivity index (χ3v) is 2.46. The van der Waals surface area contributed by atoms with Gasteiger partial charge in [0.1, 0.15) is 5.75 Å². The number of para-hydroxylation sites is 1. The van der Waals surface area contributed by atoms with Crippen molar-refractivity contribution in [1.29, 1.82) is 0 Å². The average Bonchev–Trinajstić information content (AvgIpc) is 2.06. The molecule has 1 atom stereocenters. The molecule has 0 N–H and O–H groups in total. The van der Waals surface area contributed by atoms with Crippen LogP contribution in [0.15, 0.2) is 24.3 Å². The number of fused-ring (bicyclic) bond motifs is 1. The Hall–Kier alpha value is -0.630. The van der Waals surface area contributed by atoms with Crippen LogP contribution in [0.4, 0.5) is 0 Å². The first-order chi connectivity index (χ1) is 5.38. The Morgan fingerprint density at radius 3 is 3.00 bits per heavy atom. The zero-order chi connectivity index (χ0) is 7.68. The number of ether oxygens (including phenoxy) is 1. The molecule has 0 spiro atoms. The summed E-state index contributed by atoms with van der Waals surface area (Å²) in [5.41, 5.74) is 1.22. The maximum atomic E-state index is 5.44. The maximum absolute atomic E-state index is 5.44. The lowest BCUT2D eigenvalue weighted by molar-refractivity contribution is 0.287. The molecule has 1 nitrogen and oxygen atoms in total. The minimum absolute atomic E-state index is 0.361. The van der Waals surface area contributed by atoms with Gasteiger partial charge < -0.3 is 4.74 Å². The highest BCUT2D eigenvalue weighted by molar-refractivity contribution is 7.80. The zero-order valence-electron chi connectivity index (χ0n) is 6.16. The molecule has 0 saturated heterocycles. The first-order valence-corrected chi connectivity index (χ1v) is 4.29. The van der Waals surface area contributed by atoms with Gasteiger partial charge in [0, 0.05) is 10.8 Å². The van der Waals surface area contributed by atoms with Crippen LogP contribution in [0.3, 0.4) is 0 Å². The Morgan fingerprint density at radius 1 is 1.36 bits per heavy atom. The highest BCUT2D eigenvalue weighted by atomic mass is 32.1. The van der Waals surface area contributed by atoms with Gasteiger partial charge in [0.25, 0.3) is 0 Å². The highest BCUT2D eigenvalue weighted by Crippen LogP contribution is 2.35. The smallest absolute Gasteiger partial charge is 0.123 e. The van der Waals surface area contributed by atoms with E-state index in [1.165, 1.54) is 5.56 Å². The van der Waals surface area contributed by atoms with E-state index >= 15 is 0 Å². The molecule has 0 aromatic heterocycles. The zero-order valence-corrected chi connectivity index (χ0v) is 7.05. The van der Waals surface area contributed by atoms with Gasteiger partial charge in [-0.3, -0.25) is 0 Å². The van der Waals surface area contributed by atoms with Crippen LogP contribution in [0.5, 0.6) is 5.75 Å². The molecule has 1 aromatic carbocycles. The quantitative estimate of drug-likeness (QED) is 0.582. The Labute approximate surface area is 71.8 Å². The molecule has 0 saturated carbocycles. The Balaban J connectivity index is 2.44. The summed E-state index contributed by atoms with van der Waals surface area (Å²) in [7, 11) is 0. The Kier molecular flexibility index (Phi) is 1.78. The molecule has 1 heterocycles. The van der Waals surface area contributed by atoms with Gasteiger partial charge in [-0.2, -0.15) is 12.6 Å². The second-order valence-electron chi connectivity index (χ2n) is 2.69. The van der Waals surface area contributed by atoms with Gasteiger partial charge in [0.2, 0.25) is 0 Å². The summed E-state index contributed by atoms with van der Waals surface area (Å²) in [4.78, 5) is 0. The van der Waals surface area contributed by atoms with Gasteiger partial charge in [0.15, 0.2) is 0 Å². The van der Waals surface area contributed by atoms with Gasteiger partial charge in [0.05, 0.1) is 6.61 Å². The first-order valence-electron chi connectivity index (χ1n) is 3.78. The van der Waals surface area contributed by atoms with Gasteiger partial charge in [-0.15, -0.1) is 0 Å². The third-order valence-electron chi connectivity index (χ3n) is 1.93. The Morgan fingerprint density at radius 2 is 2.18 bits per heavy atom. The summed E-state index contributed by atoms with van der Waals surface area (Å²) >= 11 is 4.46. The topological polar surface area (TPSA) is 9.23 Å². The standard InChI is InChI=1S/C9H10OS/c11-9-5-6-10-8-4-2-1-3-7(8)9/h1-4,9,11H,5-6H2/t9-/m1/s1. The van der Waals surface area contributed by atoms with E-state index in [2.05, 4.69) is 18.7 Å². The lowest BCUT2D eigenvalue weighted by Gasteiger charge is -2.21. The van der Waals surface area contributed by atoms with Crippen molar-refractivity contribution in [3.05, 3.63) is 29.8 Å².